The lowest BCUT2D eigenvalue weighted by atomic mass is 9.97. The van der Waals surface area contributed by atoms with Gasteiger partial charge in [-0.2, -0.15) is 0 Å². The molecule has 7 heteroatoms. The van der Waals surface area contributed by atoms with Crippen molar-refractivity contribution in [3.63, 3.8) is 0 Å². The standard InChI is InChI=1S/C26H23ClN4O2/c27-23-4-2-1-3-22(23)26(33)31-13-10-21(17-31)19-5-7-20(8-6-19)25(32)29-16-18-9-12-30-14-11-28-24(30)15-18/h1-9,11-12,14-15,21H,10,13,16-17H2,(H,29,32). The highest BCUT2D eigenvalue weighted by Crippen LogP contribution is 2.29. The lowest BCUT2D eigenvalue weighted by Gasteiger charge is -2.17. The van der Waals surface area contributed by atoms with E-state index in [9.17, 15) is 9.59 Å². The summed E-state index contributed by atoms with van der Waals surface area (Å²) in [6.45, 7) is 1.77. The Balaban J connectivity index is 1.19. The molecule has 1 N–H and O–H groups in total. The van der Waals surface area contributed by atoms with Crippen LogP contribution in [-0.4, -0.2) is 39.2 Å². The van der Waals surface area contributed by atoms with E-state index in [1.165, 1.54) is 0 Å². The molecule has 1 aliphatic heterocycles. The zero-order valence-electron chi connectivity index (χ0n) is 17.9. The van der Waals surface area contributed by atoms with Gasteiger partial charge in [0.05, 0.1) is 10.6 Å². The fourth-order valence-electron chi connectivity index (χ4n) is 4.28. The topological polar surface area (TPSA) is 66.7 Å². The number of likely N-dealkylation sites (tertiary alicyclic amines) is 1. The summed E-state index contributed by atoms with van der Waals surface area (Å²) in [4.78, 5) is 31.5. The van der Waals surface area contributed by atoms with Crippen LogP contribution < -0.4 is 5.32 Å². The van der Waals surface area contributed by atoms with Crippen molar-refractivity contribution >= 4 is 29.1 Å². The van der Waals surface area contributed by atoms with E-state index < -0.39 is 0 Å². The molecule has 1 fully saturated rings. The number of benzene rings is 2. The van der Waals surface area contributed by atoms with Crippen LogP contribution in [0.1, 0.15) is 44.2 Å². The number of nitrogens with one attached hydrogen (secondary N) is 1. The molecule has 1 atom stereocenters. The Hall–Kier alpha value is -3.64. The van der Waals surface area contributed by atoms with E-state index in [4.69, 9.17) is 11.6 Å². The number of imidazole rings is 1. The van der Waals surface area contributed by atoms with E-state index >= 15 is 0 Å². The zero-order chi connectivity index (χ0) is 22.8. The fourth-order valence-corrected chi connectivity index (χ4v) is 4.49. The number of pyridine rings is 1. The first-order valence-corrected chi connectivity index (χ1v) is 11.3. The first-order valence-electron chi connectivity index (χ1n) is 10.9. The van der Waals surface area contributed by atoms with Gasteiger partial charge in [-0.1, -0.05) is 35.9 Å². The monoisotopic (exact) mass is 458 g/mol. The molecule has 0 aliphatic carbocycles. The molecule has 1 unspecified atom stereocenters. The molecule has 0 radical (unpaired) electrons. The van der Waals surface area contributed by atoms with Crippen LogP contribution in [0.2, 0.25) is 5.02 Å². The largest absolute Gasteiger partial charge is 0.348 e. The van der Waals surface area contributed by atoms with Gasteiger partial charge in [-0.05, 0) is 53.9 Å². The number of carbonyl (C=O) groups is 2. The molecule has 2 aromatic heterocycles. The van der Waals surface area contributed by atoms with E-state index in [1.54, 1.807) is 18.3 Å². The van der Waals surface area contributed by atoms with Gasteiger partial charge in [0, 0.05) is 49.7 Å². The van der Waals surface area contributed by atoms with E-state index in [-0.39, 0.29) is 17.7 Å². The molecule has 33 heavy (non-hydrogen) atoms. The highest BCUT2D eigenvalue weighted by Gasteiger charge is 2.28. The van der Waals surface area contributed by atoms with Crippen molar-refractivity contribution in [2.75, 3.05) is 13.1 Å². The minimum absolute atomic E-state index is 0.0346. The summed E-state index contributed by atoms with van der Waals surface area (Å²) in [5.74, 6) is 0.0918. The molecule has 166 valence electrons. The minimum atomic E-state index is -0.119. The van der Waals surface area contributed by atoms with Gasteiger partial charge >= 0.3 is 0 Å². The Bertz CT molecular complexity index is 1320. The van der Waals surface area contributed by atoms with Crippen LogP contribution in [0.25, 0.3) is 5.65 Å². The number of hydrogen-bond donors (Lipinski definition) is 1. The smallest absolute Gasteiger partial charge is 0.255 e. The Morgan fingerprint density at radius 1 is 1.06 bits per heavy atom. The number of fused-ring (bicyclic) bond motifs is 1. The van der Waals surface area contributed by atoms with Crippen LogP contribution in [0.4, 0.5) is 0 Å². The first kappa shape index (κ1) is 21.2. The summed E-state index contributed by atoms with van der Waals surface area (Å²) in [6.07, 6.45) is 6.45. The molecular formula is C26H23ClN4O2. The van der Waals surface area contributed by atoms with Crippen LogP contribution in [0.3, 0.4) is 0 Å². The normalized spacial score (nSPS) is 15.7. The molecule has 2 aromatic carbocycles. The maximum Gasteiger partial charge on any atom is 0.255 e. The van der Waals surface area contributed by atoms with Crippen LogP contribution in [0.15, 0.2) is 79.3 Å². The van der Waals surface area contributed by atoms with Gasteiger partial charge in [0.1, 0.15) is 5.65 Å². The van der Waals surface area contributed by atoms with Crippen LogP contribution in [-0.2, 0) is 6.54 Å². The summed E-state index contributed by atoms with van der Waals surface area (Å²) in [6, 6.07) is 18.7. The summed E-state index contributed by atoms with van der Waals surface area (Å²) in [5.41, 5.74) is 4.13. The van der Waals surface area contributed by atoms with Crippen molar-refractivity contribution in [2.24, 2.45) is 0 Å². The summed E-state index contributed by atoms with van der Waals surface area (Å²) in [7, 11) is 0. The van der Waals surface area contributed by atoms with Crippen molar-refractivity contribution in [1.82, 2.24) is 19.6 Å². The molecule has 5 rings (SSSR count). The molecule has 3 heterocycles. The van der Waals surface area contributed by atoms with Gasteiger partial charge in [0.25, 0.3) is 11.8 Å². The van der Waals surface area contributed by atoms with Crippen molar-refractivity contribution in [3.8, 4) is 0 Å². The molecule has 1 aliphatic rings. The highest BCUT2D eigenvalue weighted by atomic mass is 35.5. The van der Waals surface area contributed by atoms with E-state index in [1.807, 2.05) is 70.2 Å². The molecule has 0 saturated carbocycles. The van der Waals surface area contributed by atoms with Gasteiger partial charge < -0.3 is 14.6 Å². The maximum absolute atomic E-state index is 12.8. The van der Waals surface area contributed by atoms with E-state index in [2.05, 4.69) is 10.3 Å². The average Bonchev–Trinajstić information content (AvgIpc) is 3.52. The highest BCUT2D eigenvalue weighted by molar-refractivity contribution is 6.33. The Morgan fingerprint density at radius 2 is 1.88 bits per heavy atom. The van der Waals surface area contributed by atoms with Crippen molar-refractivity contribution in [2.45, 2.75) is 18.9 Å². The summed E-state index contributed by atoms with van der Waals surface area (Å²) >= 11 is 6.19. The second-order valence-electron chi connectivity index (χ2n) is 8.25. The molecule has 2 amide bonds. The maximum atomic E-state index is 12.8. The SMILES string of the molecule is O=C(NCc1ccn2ccnc2c1)c1ccc(C2CCN(C(=O)c3ccccc3Cl)C2)cc1. The van der Waals surface area contributed by atoms with E-state index in [0.717, 1.165) is 23.2 Å². The van der Waals surface area contributed by atoms with Crippen LogP contribution >= 0.6 is 11.6 Å². The van der Waals surface area contributed by atoms with Gasteiger partial charge in [0.2, 0.25) is 0 Å². The van der Waals surface area contributed by atoms with Gasteiger partial charge in [-0.15, -0.1) is 0 Å². The Kier molecular flexibility index (Phi) is 5.84. The van der Waals surface area contributed by atoms with Crippen LogP contribution in [0, 0.1) is 0 Å². The Labute approximate surface area is 196 Å². The molecule has 1 saturated heterocycles. The van der Waals surface area contributed by atoms with Crippen LogP contribution in [0.5, 0.6) is 0 Å². The molecule has 0 bridgehead atoms. The number of amides is 2. The van der Waals surface area contributed by atoms with Gasteiger partial charge in [0.15, 0.2) is 0 Å². The lowest BCUT2D eigenvalue weighted by Crippen LogP contribution is -2.28. The number of rotatable bonds is 5. The number of aromatic nitrogens is 2. The quantitative estimate of drug-likeness (QED) is 0.477. The molecule has 4 aromatic rings. The van der Waals surface area contributed by atoms with E-state index in [0.29, 0.717) is 35.8 Å². The second kappa shape index (κ2) is 9.08. The van der Waals surface area contributed by atoms with Gasteiger partial charge in [-0.3, -0.25) is 9.59 Å². The molecule has 0 spiro atoms. The van der Waals surface area contributed by atoms with Crippen molar-refractivity contribution < 1.29 is 9.59 Å². The van der Waals surface area contributed by atoms with Crippen molar-refractivity contribution in [1.29, 1.82) is 0 Å². The number of nitrogens with zero attached hydrogens (tertiary/aromatic N) is 3. The number of hydrogen-bond acceptors (Lipinski definition) is 3. The predicted octanol–water partition coefficient (Wildman–Crippen LogP) is 4.55. The average molecular weight is 459 g/mol. The second-order valence-corrected chi connectivity index (χ2v) is 8.66. The third-order valence-corrected chi connectivity index (χ3v) is 6.47. The number of halogens is 1. The number of carbonyl (C=O) groups excluding carboxylic acids is 2. The minimum Gasteiger partial charge on any atom is -0.348 e. The zero-order valence-corrected chi connectivity index (χ0v) is 18.7. The third kappa shape index (κ3) is 4.47. The fraction of sp³-hybridized carbons (Fsp3) is 0.192. The predicted molar refractivity (Wildman–Crippen MR) is 128 cm³/mol. The Morgan fingerprint density at radius 3 is 2.70 bits per heavy atom. The lowest BCUT2D eigenvalue weighted by molar-refractivity contribution is 0.0790. The first-order chi connectivity index (χ1) is 16.1. The third-order valence-electron chi connectivity index (χ3n) is 6.14. The molecular weight excluding hydrogens is 436 g/mol. The van der Waals surface area contributed by atoms with Gasteiger partial charge in [-0.25, -0.2) is 4.98 Å². The molecule has 6 nitrogen and oxygen atoms in total. The summed E-state index contributed by atoms with van der Waals surface area (Å²) in [5, 5.41) is 3.44. The van der Waals surface area contributed by atoms with Crippen molar-refractivity contribution in [3.05, 3.63) is 107 Å². The summed E-state index contributed by atoms with van der Waals surface area (Å²) < 4.78 is 1.93.